The Bertz CT molecular complexity index is 648. The number of hydrogen-bond acceptors (Lipinski definition) is 4. The lowest BCUT2D eigenvalue weighted by Crippen LogP contribution is -2.55. The van der Waals surface area contributed by atoms with Gasteiger partial charge in [0.1, 0.15) is 6.17 Å². The summed E-state index contributed by atoms with van der Waals surface area (Å²) in [6.45, 7) is 5.34. The number of thiocarbonyl (C=S) groups is 1. The van der Waals surface area contributed by atoms with Gasteiger partial charge in [0, 0.05) is 5.69 Å². The molecule has 0 aliphatic heterocycles. The minimum Gasteiger partial charge on any atom is -0.462 e. The molecular formula is C15H16Cl3N3O3S. The Labute approximate surface area is 165 Å². The van der Waals surface area contributed by atoms with E-state index in [4.69, 9.17) is 51.8 Å². The second-order valence-electron chi connectivity index (χ2n) is 4.58. The van der Waals surface area contributed by atoms with E-state index in [9.17, 15) is 9.59 Å². The molecule has 1 amide bonds. The van der Waals surface area contributed by atoms with E-state index in [2.05, 4.69) is 22.5 Å². The van der Waals surface area contributed by atoms with Crippen LogP contribution in [0.3, 0.4) is 0 Å². The van der Waals surface area contributed by atoms with Crippen molar-refractivity contribution in [1.82, 2.24) is 10.6 Å². The van der Waals surface area contributed by atoms with Gasteiger partial charge in [-0.15, -0.1) is 0 Å². The van der Waals surface area contributed by atoms with Crippen molar-refractivity contribution in [1.29, 1.82) is 0 Å². The molecule has 6 nitrogen and oxygen atoms in total. The molecule has 1 rings (SSSR count). The second-order valence-corrected chi connectivity index (χ2v) is 7.36. The lowest BCUT2D eigenvalue weighted by molar-refractivity contribution is -0.117. The van der Waals surface area contributed by atoms with Gasteiger partial charge in [-0.25, -0.2) is 4.79 Å². The zero-order valence-electron chi connectivity index (χ0n) is 13.1. The number of carbonyl (C=O) groups excluding carboxylic acids is 2. The van der Waals surface area contributed by atoms with Gasteiger partial charge < -0.3 is 20.7 Å². The predicted molar refractivity (Wildman–Crippen MR) is 104 cm³/mol. The van der Waals surface area contributed by atoms with Crippen molar-refractivity contribution in [3.63, 3.8) is 0 Å². The van der Waals surface area contributed by atoms with Gasteiger partial charge in [-0.2, -0.15) is 0 Å². The van der Waals surface area contributed by atoms with Crippen LogP contribution in [0.5, 0.6) is 0 Å². The van der Waals surface area contributed by atoms with Crippen LogP contribution in [-0.2, 0) is 9.53 Å². The molecule has 0 fully saturated rings. The number of ether oxygens (including phenoxy) is 1. The molecule has 1 atom stereocenters. The summed E-state index contributed by atoms with van der Waals surface area (Å²) < 4.78 is 3.05. The average molecular weight is 425 g/mol. The molecule has 1 aromatic rings. The highest BCUT2D eigenvalue weighted by Gasteiger charge is 2.34. The second kappa shape index (κ2) is 9.82. The van der Waals surface area contributed by atoms with Crippen LogP contribution < -0.4 is 16.0 Å². The van der Waals surface area contributed by atoms with E-state index in [1.807, 2.05) is 0 Å². The van der Waals surface area contributed by atoms with E-state index < -0.39 is 21.8 Å². The molecule has 10 heteroatoms. The number of carbonyl (C=O) groups is 2. The minimum absolute atomic E-state index is 0.101. The molecule has 1 aromatic carbocycles. The molecule has 0 bridgehead atoms. The number of rotatable bonds is 6. The molecule has 0 saturated carbocycles. The third-order valence-electron chi connectivity index (χ3n) is 2.73. The number of amides is 1. The largest absolute Gasteiger partial charge is 0.462 e. The summed E-state index contributed by atoms with van der Waals surface area (Å²) in [4.78, 5) is 23.0. The summed E-state index contributed by atoms with van der Waals surface area (Å²) in [5, 5.41) is 8.04. The highest BCUT2D eigenvalue weighted by molar-refractivity contribution is 7.80. The van der Waals surface area contributed by atoms with E-state index >= 15 is 0 Å². The van der Waals surface area contributed by atoms with Gasteiger partial charge in [-0.05, 0) is 49.5 Å². The maximum Gasteiger partial charge on any atom is 0.338 e. The van der Waals surface area contributed by atoms with Gasteiger partial charge in [0.05, 0.1) is 12.2 Å². The van der Waals surface area contributed by atoms with Gasteiger partial charge in [0.2, 0.25) is 9.70 Å². The summed E-state index contributed by atoms with van der Waals surface area (Å²) in [5.74, 6) is -0.955. The fraction of sp³-hybridized carbons (Fsp3) is 0.267. The number of hydrogen-bond donors (Lipinski definition) is 3. The Hall–Kier alpha value is -1.54. The van der Waals surface area contributed by atoms with Crippen LogP contribution >= 0.6 is 47.0 Å². The number of esters is 1. The Kier molecular flexibility index (Phi) is 8.44. The first-order chi connectivity index (χ1) is 11.7. The van der Waals surface area contributed by atoms with Crippen molar-refractivity contribution in [2.45, 2.75) is 16.9 Å². The molecular weight excluding hydrogens is 409 g/mol. The van der Waals surface area contributed by atoms with Crippen LogP contribution in [-0.4, -0.2) is 33.6 Å². The quantitative estimate of drug-likeness (QED) is 0.214. The number of benzene rings is 1. The highest BCUT2D eigenvalue weighted by Crippen LogP contribution is 2.29. The lowest BCUT2D eigenvalue weighted by atomic mass is 10.2. The number of halogens is 3. The monoisotopic (exact) mass is 423 g/mol. The Morgan fingerprint density at radius 2 is 1.88 bits per heavy atom. The molecule has 0 aliphatic carbocycles. The van der Waals surface area contributed by atoms with Crippen molar-refractivity contribution in [2.75, 3.05) is 11.9 Å². The minimum atomic E-state index is -1.85. The molecule has 136 valence electrons. The van der Waals surface area contributed by atoms with Crippen molar-refractivity contribution in [2.24, 2.45) is 0 Å². The van der Waals surface area contributed by atoms with Crippen LogP contribution in [0.1, 0.15) is 17.3 Å². The Morgan fingerprint density at radius 1 is 1.28 bits per heavy atom. The van der Waals surface area contributed by atoms with E-state index in [0.29, 0.717) is 17.9 Å². The number of nitrogens with one attached hydrogen (secondary N) is 3. The van der Waals surface area contributed by atoms with E-state index in [1.165, 1.54) is 0 Å². The third kappa shape index (κ3) is 7.48. The highest BCUT2D eigenvalue weighted by atomic mass is 35.6. The molecule has 0 saturated heterocycles. The number of anilines is 1. The van der Waals surface area contributed by atoms with Crippen molar-refractivity contribution < 1.29 is 14.3 Å². The zero-order chi connectivity index (χ0) is 19.0. The van der Waals surface area contributed by atoms with E-state index in [-0.39, 0.29) is 5.11 Å². The Morgan fingerprint density at radius 3 is 2.36 bits per heavy atom. The fourth-order valence-electron chi connectivity index (χ4n) is 1.60. The van der Waals surface area contributed by atoms with Crippen LogP contribution in [0.4, 0.5) is 5.69 Å². The maximum absolute atomic E-state index is 11.6. The summed E-state index contributed by atoms with van der Waals surface area (Å²) in [6, 6.07) is 6.42. The van der Waals surface area contributed by atoms with Crippen molar-refractivity contribution in [3.05, 3.63) is 42.5 Å². The molecule has 0 radical (unpaired) electrons. The number of alkyl halides is 3. The molecule has 0 heterocycles. The summed E-state index contributed by atoms with van der Waals surface area (Å²) >= 11 is 22.6. The van der Waals surface area contributed by atoms with Gasteiger partial charge in [-0.3, -0.25) is 4.79 Å². The summed E-state index contributed by atoms with van der Waals surface area (Å²) in [5.41, 5.74) is 0.993. The first kappa shape index (κ1) is 21.5. The van der Waals surface area contributed by atoms with Crippen molar-refractivity contribution >= 4 is 69.7 Å². The maximum atomic E-state index is 11.6. The fourth-order valence-corrected chi connectivity index (χ4v) is 2.17. The standard InChI is InChI=1S/C15H16Cl3N3O3S/c1-3-11(22)20-13(15(16,17)18)21-14(25)19-10-7-5-9(6-8-10)12(23)24-4-2/h3,5-8,13H,1,4H2,2H3,(H,20,22)(H2,19,21,25)/t13-/m0/s1. The first-order valence-electron chi connectivity index (χ1n) is 7.01. The predicted octanol–water partition coefficient (Wildman–Crippen LogP) is 3.15. The van der Waals surface area contributed by atoms with Crippen LogP contribution in [0.15, 0.2) is 36.9 Å². The molecule has 3 N–H and O–H groups in total. The van der Waals surface area contributed by atoms with Crippen LogP contribution in [0.2, 0.25) is 0 Å². The van der Waals surface area contributed by atoms with Crippen molar-refractivity contribution in [3.8, 4) is 0 Å². The third-order valence-corrected chi connectivity index (χ3v) is 3.60. The zero-order valence-corrected chi connectivity index (χ0v) is 16.2. The molecule has 0 spiro atoms. The molecule has 25 heavy (non-hydrogen) atoms. The molecule has 0 aromatic heterocycles. The Balaban J connectivity index is 2.72. The molecule has 0 unspecified atom stereocenters. The van der Waals surface area contributed by atoms with Gasteiger partial charge >= 0.3 is 5.97 Å². The van der Waals surface area contributed by atoms with Crippen LogP contribution in [0, 0.1) is 0 Å². The summed E-state index contributed by atoms with van der Waals surface area (Å²) in [7, 11) is 0. The van der Waals surface area contributed by atoms with Gasteiger partial charge in [0.25, 0.3) is 0 Å². The lowest BCUT2D eigenvalue weighted by Gasteiger charge is -2.27. The van der Waals surface area contributed by atoms with E-state index in [1.54, 1.807) is 31.2 Å². The SMILES string of the molecule is C=CC(=O)N[C@@H](NC(=S)Nc1ccc(C(=O)OCC)cc1)C(Cl)(Cl)Cl. The first-order valence-corrected chi connectivity index (χ1v) is 8.56. The van der Waals surface area contributed by atoms with E-state index in [0.717, 1.165) is 6.08 Å². The molecule has 0 aliphatic rings. The smallest absolute Gasteiger partial charge is 0.338 e. The van der Waals surface area contributed by atoms with Crippen LogP contribution in [0.25, 0.3) is 0 Å². The van der Waals surface area contributed by atoms with Gasteiger partial charge in [-0.1, -0.05) is 41.4 Å². The normalized spacial score (nSPS) is 11.8. The summed E-state index contributed by atoms with van der Waals surface area (Å²) in [6.07, 6.45) is -0.0443. The topological polar surface area (TPSA) is 79.5 Å². The average Bonchev–Trinajstić information content (AvgIpc) is 2.54. The van der Waals surface area contributed by atoms with Gasteiger partial charge in [0.15, 0.2) is 5.11 Å².